The van der Waals surface area contributed by atoms with Crippen LogP contribution in [0, 0.1) is 17.8 Å². The Bertz CT molecular complexity index is 138. The van der Waals surface area contributed by atoms with Gasteiger partial charge in [-0.15, -0.1) is 0 Å². The minimum absolute atomic E-state index is 0.272. The molecule has 0 nitrogen and oxygen atoms in total. The molecule has 2 heteroatoms. The van der Waals surface area contributed by atoms with Crippen molar-refractivity contribution < 1.29 is 4.32 Å². The monoisotopic (exact) mass is 169 g/mol. The van der Waals surface area contributed by atoms with E-state index in [9.17, 15) is 4.32 Å². The van der Waals surface area contributed by atoms with Gasteiger partial charge in [0, 0.05) is 0 Å². The second-order valence-electron chi connectivity index (χ2n) is 4.42. The maximum atomic E-state index is 12.3. The highest BCUT2D eigenvalue weighted by atomic mass is 19.1. The molecule has 0 aromatic carbocycles. The summed E-state index contributed by atoms with van der Waals surface area (Å²) in [7, 11) is 0.910. The molecule has 1 rings (SSSR count). The summed E-state index contributed by atoms with van der Waals surface area (Å²) in [6.45, 7) is 6.72. The van der Waals surface area contributed by atoms with Crippen LogP contribution in [0.3, 0.4) is 0 Å². The van der Waals surface area contributed by atoms with Crippen molar-refractivity contribution in [2.75, 3.05) is 0 Å². The smallest absolute Gasteiger partial charge is 0.342 e. The molecule has 12 heavy (non-hydrogen) atoms. The predicted molar refractivity (Wildman–Crippen MR) is 52.0 cm³/mol. The number of hydrogen-bond donors (Lipinski definition) is 0. The van der Waals surface area contributed by atoms with Gasteiger partial charge in [0.15, 0.2) is 0 Å². The van der Waals surface area contributed by atoms with E-state index in [-0.39, 0.29) is 5.82 Å². The van der Waals surface area contributed by atoms with E-state index in [1.807, 2.05) is 0 Å². The average molecular weight is 169 g/mol. The van der Waals surface area contributed by atoms with E-state index in [4.69, 9.17) is 0 Å². The van der Waals surface area contributed by atoms with Gasteiger partial charge in [-0.25, -0.2) is 0 Å². The molecule has 1 saturated carbocycles. The number of hydrogen-bond acceptors (Lipinski definition) is 0. The summed E-state index contributed by atoms with van der Waals surface area (Å²) in [6, 6.07) is 0. The van der Waals surface area contributed by atoms with Gasteiger partial charge in [-0.3, -0.25) is 0 Å². The third-order valence-corrected chi connectivity index (χ3v) is 3.46. The summed E-state index contributed by atoms with van der Waals surface area (Å²) in [5.74, 6) is 2.41. The highest BCUT2D eigenvalue weighted by Crippen LogP contribution is 2.48. The molecule has 0 aromatic rings. The van der Waals surface area contributed by atoms with Crippen molar-refractivity contribution in [3.63, 3.8) is 0 Å². The van der Waals surface area contributed by atoms with Crippen LogP contribution in [-0.2, 0) is 0 Å². The normalized spacial score (nSPS) is 37.2. The van der Waals surface area contributed by atoms with Gasteiger partial charge in [-0.1, -0.05) is 33.6 Å². The summed E-state index contributed by atoms with van der Waals surface area (Å²) in [6.07, 6.45) is 3.50. The Kier molecular flexibility index (Phi) is 3.61. The third kappa shape index (κ3) is 2.02. The summed E-state index contributed by atoms with van der Waals surface area (Å²) in [4.78, 5) is 0. The molecule has 0 amide bonds. The Morgan fingerprint density at radius 1 is 1.58 bits per heavy atom. The molecule has 4 unspecified atom stereocenters. The molecule has 0 bridgehead atoms. The molecule has 0 heterocycles. The fraction of sp³-hybridized carbons (Fsp3) is 1.00. The van der Waals surface area contributed by atoms with Crippen molar-refractivity contribution in [1.82, 2.24) is 0 Å². The lowest BCUT2D eigenvalue weighted by molar-refractivity contribution is 0.155. The Balaban J connectivity index is 2.29. The Labute approximate surface area is 76.2 Å². The van der Waals surface area contributed by atoms with Crippen LogP contribution in [0.25, 0.3) is 0 Å². The van der Waals surface area contributed by atoms with Crippen LogP contribution in [0.5, 0.6) is 0 Å². The maximum Gasteiger partial charge on any atom is 0.358 e. The van der Waals surface area contributed by atoms with Crippen LogP contribution in [0.1, 0.15) is 40.0 Å². The maximum absolute atomic E-state index is 12.3. The van der Waals surface area contributed by atoms with E-state index >= 15 is 0 Å². The van der Waals surface area contributed by atoms with Crippen molar-refractivity contribution >= 4 is 7.56 Å². The highest BCUT2D eigenvalue weighted by molar-refractivity contribution is 6.29. The highest BCUT2D eigenvalue weighted by Gasteiger charge is 2.38. The summed E-state index contributed by atoms with van der Waals surface area (Å²) in [5, 5.41) is 0. The van der Waals surface area contributed by atoms with Crippen LogP contribution >= 0.6 is 0 Å². The van der Waals surface area contributed by atoms with E-state index in [1.54, 1.807) is 0 Å². The van der Waals surface area contributed by atoms with Crippen molar-refractivity contribution in [2.45, 2.75) is 45.9 Å². The SMILES string of the molecule is CCC(C)CC1C(C)CC1[B]F. The molecule has 4 atom stereocenters. The molecular weight excluding hydrogens is 150 g/mol. The average Bonchev–Trinajstić information content (AvgIpc) is 2.09. The molecule has 1 aliphatic carbocycles. The molecule has 1 radical (unpaired) electrons. The first kappa shape index (κ1) is 10.1. The van der Waals surface area contributed by atoms with Crippen LogP contribution in [0.4, 0.5) is 4.32 Å². The van der Waals surface area contributed by atoms with Crippen LogP contribution in [0.15, 0.2) is 0 Å². The molecule has 1 aliphatic rings. The minimum Gasteiger partial charge on any atom is -0.342 e. The fourth-order valence-corrected chi connectivity index (χ4v) is 2.19. The van der Waals surface area contributed by atoms with Gasteiger partial charge in [0.2, 0.25) is 0 Å². The predicted octanol–water partition coefficient (Wildman–Crippen LogP) is 3.46. The van der Waals surface area contributed by atoms with Gasteiger partial charge < -0.3 is 4.32 Å². The van der Waals surface area contributed by atoms with Crippen LogP contribution in [-0.4, -0.2) is 7.56 Å². The quantitative estimate of drug-likeness (QED) is 0.565. The van der Waals surface area contributed by atoms with E-state index in [0.29, 0.717) is 5.92 Å². The van der Waals surface area contributed by atoms with Gasteiger partial charge in [0.05, 0.1) is 0 Å². The number of halogens is 1. The summed E-state index contributed by atoms with van der Waals surface area (Å²) < 4.78 is 12.3. The zero-order chi connectivity index (χ0) is 9.14. The Morgan fingerprint density at radius 2 is 2.25 bits per heavy atom. The van der Waals surface area contributed by atoms with Crippen LogP contribution in [0.2, 0.25) is 5.82 Å². The van der Waals surface area contributed by atoms with E-state index in [0.717, 1.165) is 25.8 Å². The fourth-order valence-electron chi connectivity index (χ4n) is 2.19. The lowest BCUT2D eigenvalue weighted by atomic mass is 9.53. The molecule has 1 fully saturated rings. The second-order valence-corrected chi connectivity index (χ2v) is 4.42. The van der Waals surface area contributed by atoms with E-state index in [1.165, 1.54) is 12.8 Å². The molecule has 0 saturated heterocycles. The zero-order valence-electron chi connectivity index (χ0n) is 8.39. The van der Waals surface area contributed by atoms with E-state index < -0.39 is 0 Å². The standard InChI is InChI=1S/C10H19BF/c1-4-7(2)5-9-8(3)6-10(9)11-12/h7-10H,4-6H2,1-3H3. The summed E-state index contributed by atoms with van der Waals surface area (Å²) in [5.41, 5.74) is 0. The topological polar surface area (TPSA) is 0 Å². The van der Waals surface area contributed by atoms with Crippen molar-refractivity contribution in [1.29, 1.82) is 0 Å². The van der Waals surface area contributed by atoms with Gasteiger partial charge in [0.25, 0.3) is 0 Å². The van der Waals surface area contributed by atoms with E-state index in [2.05, 4.69) is 20.8 Å². The molecule has 0 spiro atoms. The van der Waals surface area contributed by atoms with Crippen molar-refractivity contribution in [3.8, 4) is 0 Å². The molecule has 69 valence electrons. The minimum atomic E-state index is 0.272. The molecule has 0 aliphatic heterocycles. The first-order valence-corrected chi connectivity index (χ1v) is 5.12. The first-order chi connectivity index (χ1) is 5.69. The molecule has 0 aromatic heterocycles. The van der Waals surface area contributed by atoms with Crippen molar-refractivity contribution in [3.05, 3.63) is 0 Å². The zero-order valence-corrected chi connectivity index (χ0v) is 8.39. The summed E-state index contributed by atoms with van der Waals surface area (Å²) >= 11 is 0. The Hall–Kier alpha value is -0.00506. The largest absolute Gasteiger partial charge is 0.358 e. The lowest BCUT2D eigenvalue weighted by Crippen LogP contribution is -2.34. The second kappa shape index (κ2) is 4.29. The number of rotatable bonds is 4. The van der Waals surface area contributed by atoms with Gasteiger partial charge >= 0.3 is 7.56 Å². The van der Waals surface area contributed by atoms with Crippen molar-refractivity contribution in [2.24, 2.45) is 17.8 Å². The molecule has 0 N–H and O–H groups in total. The van der Waals surface area contributed by atoms with Gasteiger partial charge in [-0.2, -0.15) is 0 Å². The third-order valence-electron chi connectivity index (χ3n) is 3.46. The van der Waals surface area contributed by atoms with Gasteiger partial charge in [0.1, 0.15) is 0 Å². The van der Waals surface area contributed by atoms with Gasteiger partial charge in [-0.05, 0) is 30.0 Å². The Morgan fingerprint density at radius 3 is 2.67 bits per heavy atom. The molecular formula is C10H19BF. The first-order valence-electron chi connectivity index (χ1n) is 5.12. The lowest BCUT2D eigenvalue weighted by Gasteiger charge is -2.42. The van der Waals surface area contributed by atoms with Crippen LogP contribution < -0.4 is 0 Å².